The lowest BCUT2D eigenvalue weighted by Crippen LogP contribution is -2.48. The van der Waals surface area contributed by atoms with Crippen LogP contribution in [0.1, 0.15) is 5.56 Å². The number of benzene rings is 2. The Hall–Kier alpha value is -1.35. The van der Waals surface area contributed by atoms with Gasteiger partial charge in [-0.3, -0.25) is 9.80 Å². The first kappa shape index (κ1) is 21.4. The molecule has 0 bridgehead atoms. The van der Waals surface area contributed by atoms with E-state index < -0.39 is 15.8 Å². The number of sulfonamides is 1. The molecule has 0 aromatic heterocycles. The lowest BCUT2D eigenvalue weighted by molar-refractivity contribution is 0.129. The Morgan fingerprint density at radius 3 is 2.32 bits per heavy atom. The molecule has 0 saturated carbocycles. The van der Waals surface area contributed by atoms with Crippen molar-refractivity contribution in [1.82, 2.24) is 14.5 Å². The van der Waals surface area contributed by atoms with Crippen LogP contribution in [0.3, 0.4) is 0 Å². The van der Waals surface area contributed by atoms with E-state index in [0.29, 0.717) is 6.54 Å². The maximum atomic E-state index is 12.4. The summed E-state index contributed by atoms with van der Waals surface area (Å²) in [6.45, 7) is 5.39. The predicted molar refractivity (Wildman–Crippen MR) is 111 cm³/mol. The molecular formula is C19H23Cl2N3O3S. The fourth-order valence-corrected chi connectivity index (χ4v) is 4.95. The molecule has 0 radical (unpaired) electrons. The molecule has 1 aliphatic rings. The third kappa shape index (κ3) is 5.59. The van der Waals surface area contributed by atoms with Gasteiger partial charge < -0.3 is 5.11 Å². The van der Waals surface area contributed by atoms with Gasteiger partial charge in [-0.2, -0.15) is 0 Å². The van der Waals surface area contributed by atoms with Crippen LogP contribution >= 0.6 is 23.2 Å². The molecule has 9 heteroatoms. The molecular weight excluding hydrogens is 421 g/mol. The van der Waals surface area contributed by atoms with Crippen LogP contribution < -0.4 is 4.72 Å². The molecule has 152 valence electrons. The molecule has 2 N–H and O–H groups in total. The molecule has 3 rings (SSSR count). The number of rotatable bonds is 7. The van der Waals surface area contributed by atoms with Crippen LogP contribution in [0.4, 0.5) is 0 Å². The molecule has 2 aromatic carbocycles. The van der Waals surface area contributed by atoms with Crippen LogP contribution in [0.15, 0.2) is 47.4 Å². The number of phenols is 1. The van der Waals surface area contributed by atoms with E-state index in [4.69, 9.17) is 23.2 Å². The second-order valence-corrected chi connectivity index (χ2v) is 9.31. The summed E-state index contributed by atoms with van der Waals surface area (Å²) in [5, 5.41) is 9.99. The van der Waals surface area contributed by atoms with E-state index in [9.17, 15) is 13.5 Å². The summed E-state index contributed by atoms with van der Waals surface area (Å²) >= 11 is 11.7. The molecule has 0 aliphatic carbocycles. The van der Waals surface area contributed by atoms with Gasteiger partial charge in [0.1, 0.15) is 4.90 Å². The van der Waals surface area contributed by atoms with Gasteiger partial charge in [-0.15, -0.1) is 0 Å². The summed E-state index contributed by atoms with van der Waals surface area (Å²) in [6, 6.07) is 12.8. The lowest BCUT2D eigenvalue weighted by atomic mass is 10.2. The maximum absolute atomic E-state index is 12.4. The first-order valence-electron chi connectivity index (χ1n) is 9.01. The summed E-state index contributed by atoms with van der Waals surface area (Å²) in [7, 11) is -3.89. The largest absolute Gasteiger partial charge is 0.505 e. The molecule has 6 nitrogen and oxygen atoms in total. The molecule has 0 atom stereocenters. The van der Waals surface area contributed by atoms with Crippen molar-refractivity contribution in [3.05, 3.63) is 58.1 Å². The normalized spacial score (nSPS) is 16.4. The number of halogens is 2. The van der Waals surface area contributed by atoms with Gasteiger partial charge in [-0.05, 0) is 17.7 Å². The van der Waals surface area contributed by atoms with E-state index in [1.165, 1.54) is 17.7 Å². The van der Waals surface area contributed by atoms with Crippen molar-refractivity contribution in [3.63, 3.8) is 0 Å². The van der Waals surface area contributed by atoms with Crippen molar-refractivity contribution in [1.29, 1.82) is 0 Å². The van der Waals surface area contributed by atoms with Crippen molar-refractivity contribution in [2.24, 2.45) is 0 Å². The fourth-order valence-electron chi connectivity index (χ4n) is 3.18. The molecule has 1 aliphatic heterocycles. The topological polar surface area (TPSA) is 72.9 Å². The second-order valence-electron chi connectivity index (χ2n) is 6.74. The Labute approximate surface area is 175 Å². The van der Waals surface area contributed by atoms with Gasteiger partial charge in [-0.25, -0.2) is 13.1 Å². The molecule has 0 amide bonds. The highest BCUT2D eigenvalue weighted by Gasteiger charge is 2.22. The van der Waals surface area contributed by atoms with E-state index in [1.807, 2.05) is 18.2 Å². The summed E-state index contributed by atoms with van der Waals surface area (Å²) in [5.74, 6) is -0.493. The van der Waals surface area contributed by atoms with Crippen LogP contribution in [-0.4, -0.2) is 62.6 Å². The number of nitrogens with one attached hydrogen (secondary N) is 1. The molecule has 1 saturated heterocycles. The summed E-state index contributed by atoms with van der Waals surface area (Å²) < 4.78 is 27.4. The lowest BCUT2D eigenvalue weighted by Gasteiger charge is -2.34. The molecule has 28 heavy (non-hydrogen) atoms. The van der Waals surface area contributed by atoms with Gasteiger partial charge in [0.2, 0.25) is 10.0 Å². The zero-order valence-electron chi connectivity index (χ0n) is 15.3. The van der Waals surface area contributed by atoms with Crippen LogP contribution in [0.25, 0.3) is 0 Å². The zero-order valence-corrected chi connectivity index (χ0v) is 17.6. The summed E-state index contributed by atoms with van der Waals surface area (Å²) in [6.07, 6.45) is 0. The second kappa shape index (κ2) is 9.43. The third-order valence-electron chi connectivity index (χ3n) is 4.72. The van der Waals surface area contributed by atoms with Crippen molar-refractivity contribution in [3.8, 4) is 5.75 Å². The standard InChI is InChI=1S/C19H23Cl2N3O3S/c20-16-12-17(21)19(25)18(13-16)28(26,27)22-6-7-23-8-10-24(11-9-23)14-15-4-2-1-3-5-15/h1-5,12-13,22,25H,6-11,14H2. The van der Waals surface area contributed by atoms with Crippen LogP contribution in [0.5, 0.6) is 5.75 Å². The highest BCUT2D eigenvalue weighted by atomic mass is 35.5. The monoisotopic (exact) mass is 443 g/mol. The number of aromatic hydroxyl groups is 1. The van der Waals surface area contributed by atoms with Gasteiger partial charge in [-0.1, -0.05) is 53.5 Å². The highest BCUT2D eigenvalue weighted by Crippen LogP contribution is 2.33. The van der Waals surface area contributed by atoms with Gasteiger partial charge in [0.05, 0.1) is 5.02 Å². The first-order valence-corrected chi connectivity index (χ1v) is 11.3. The Morgan fingerprint density at radius 1 is 1.00 bits per heavy atom. The molecule has 1 fully saturated rings. The van der Waals surface area contributed by atoms with Gasteiger partial charge in [0.25, 0.3) is 0 Å². The van der Waals surface area contributed by atoms with Crippen LogP contribution in [0.2, 0.25) is 10.0 Å². The smallest absolute Gasteiger partial charge is 0.244 e. The fraction of sp³-hybridized carbons (Fsp3) is 0.368. The third-order valence-corrected chi connectivity index (χ3v) is 6.70. The average Bonchev–Trinajstić information content (AvgIpc) is 2.67. The summed E-state index contributed by atoms with van der Waals surface area (Å²) in [5.41, 5.74) is 1.30. The predicted octanol–water partition coefficient (Wildman–Crippen LogP) is 2.80. The van der Waals surface area contributed by atoms with E-state index in [1.54, 1.807) is 0 Å². The quantitative estimate of drug-likeness (QED) is 0.687. The molecule has 1 heterocycles. The van der Waals surface area contributed by atoms with Gasteiger partial charge in [0, 0.05) is 50.8 Å². The van der Waals surface area contributed by atoms with E-state index in [2.05, 4.69) is 26.7 Å². The first-order chi connectivity index (χ1) is 13.3. The maximum Gasteiger partial charge on any atom is 0.244 e. The highest BCUT2D eigenvalue weighted by molar-refractivity contribution is 7.89. The van der Waals surface area contributed by atoms with Crippen molar-refractivity contribution < 1.29 is 13.5 Å². The number of nitrogens with zero attached hydrogens (tertiary/aromatic N) is 2. The Morgan fingerprint density at radius 2 is 1.64 bits per heavy atom. The van der Waals surface area contributed by atoms with E-state index in [-0.39, 0.29) is 21.5 Å². The van der Waals surface area contributed by atoms with E-state index in [0.717, 1.165) is 32.7 Å². The average molecular weight is 444 g/mol. The van der Waals surface area contributed by atoms with Crippen LogP contribution in [-0.2, 0) is 16.6 Å². The number of hydrogen-bond donors (Lipinski definition) is 2. The van der Waals surface area contributed by atoms with Crippen molar-refractivity contribution in [2.45, 2.75) is 11.4 Å². The Kier molecular flexibility index (Phi) is 7.20. The summed E-state index contributed by atoms with van der Waals surface area (Å²) in [4.78, 5) is 4.30. The van der Waals surface area contributed by atoms with Gasteiger partial charge in [0.15, 0.2) is 5.75 Å². The Bertz CT molecular complexity index is 902. The number of hydrogen-bond acceptors (Lipinski definition) is 5. The number of phenolic OH excluding ortho intramolecular Hbond substituents is 1. The minimum atomic E-state index is -3.89. The van der Waals surface area contributed by atoms with Gasteiger partial charge >= 0.3 is 0 Å². The van der Waals surface area contributed by atoms with E-state index >= 15 is 0 Å². The van der Waals surface area contributed by atoms with Crippen molar-refractivity contribution in [2.75, 3.05) is 39.3 Å². The molecule has 0 spiro atoms. The minimum absolute atomic E-state index is 0.0950. The van der Waals surface area contributed by atoms with Crippen molar-refractivity contribution >= 4 is 33.2 Å². The molecule has 0 unspecified atom stereocenters. The SMILES string of the molecule is O=S(=O)(NCCN1CCN(Cc2ccccc2)CC1)c1cc(Cl)cc(Cl)c1O. The van der Waals surface area contributed by atoms with Crippen LogP contribution in [0, 0.1) is 0 Å². The zero-order chi connectivity index (χ0) is 20.1. The Balaban J connectivity index is 1.47. The minimum Gasteiger partial charge on any atom is -0.505 e. The molecule has 2 aromatic rings. The number of piperazine rings is 1.